The second kappa shape index (κ2) is 24.6. The van der Waals surface area contributed by atoms with Crippen LogP contribution in [0.3, 0.4) is 0 Å². The molecule has 0 radical (unpaired) electrons. The zero-order chi connectivity index (χ0) is 44.8. The molecule has 0 fully saturated rings. The molecular weight excluding hydrogens is 923 g/mol. The summed E-state index contributed by atoms with van der Waals surface area (Å²) in [5, 5.41) is -2.22. The maximum Gasteiger partial charge on any atom is 0.319 e. The van der Waals surface area contributed by atoms with E-state index in [-0.39, 0.29) is 59.4 Å². The number of hydrogen-bond donors (Lipinski definition) is 0. The van der Waals surface area contributed by atoms with Crippen LogP contribution in [-0.2, 0) is 64.0 Å². The molecule has 0 aliphatic carbocycles. The highest BCUT2D eigenvalue weighted by Crippen LogP contribution is 2.53. The van der Waals surface area contributed by atoms with Gasteiger partial charge in [-0.25, -0.2) is 0 Å². The average Bonchev–Trinajstić information content (AvgIpc) is 2.94. The van der Waals surface area contributed by atoms with Crippen LogP contribution in [0.5, 0.6) is 0 Å². The van der Waals surface area contributed by atoms with Gasteiger partial charge >= 0.3 is 33.1 Å². The van der Waals surface area contributed by atoms with Crippen molar-refractivity contribution in [2.75, 3.05) is 32.6 Å². The number of rotatable bonds is 25. The average molecular weight is 991 g/mol. The van der Waals surface area contributed by atoms with Gasteiger partial charge in [0.2, 0.25) is 8.77 Å². The number of thiocarbonyl (C=S) groups is 2. The van der Waals surface area contributed by atoms with Crippen LogP contribution in [0.1, 0.15) is 40.5 Å². The van der Waals surface area contributed by atoms with Crippen molar-refractivity contribution in [2.24, 2.45) is 5.92 Å². The minimum atomic E-state index is -3.63. The van der Waals surface area contributed by atoms with Crippen LogP contribution in [0, 0.1) is 5.92 Å². The highest BCUT2D eigenvalue weighted by molar-refractivity contribution is 8.23. The molecule has 334 valence electrons. The van der Waals surface area contributed by atoms with Gasteiger partial charge < -0.3 is 40.5 Å². The number of methoxy groups -OCH3 is 1. The molecule has 0 aromatic carbocycles. The Morgan fingerprint density at radius 1 is 0.544 bits per heavy atom. The van der Waals surface area contributed by atoms with Gasteiger partial charge in [-0.05, 0) is 144 Å². The van der Waals surface area contributed by atoms with Crippen LogP contribution in [0.25, 0.3) is 0 Å². The molecule has 0 aromatic heterocycles. The van der Waals surface area contributed by atoms with E-state index in [1.165, 1.54) is 7.11 Å². The quantitative estimate of drug-likeness (QED) is 0.0278. The maximum atomic E-state index is 13.8. The fraction of sp³-hybridized carbons (Fsp3) is 0.848. The lowest BCUT2D eigenvalue weighted by atomic mass is 9.97. The molecule has 0 saturated heterocycles. The third-order valence-corrected chi connectivity index (χ3v) is 23.4. The van der Waals surface area contributed by atoms with Crippen molar-refractivity contribution >= 4 is 123 Å². The van der Waals surface area contributed by atoms with E-state index >= 15 is 0 Å². The molecule has 2 unspecified atom stereocenters. The van der Waals surface area contributed by atoms with Crippen molar-refractivity contribution in [3.8, 4) is 0 Å². The largest absolute Gasteiger partial charge is 0.476 e. The fourth-order valence-electron chi connectivity index (χ4n) is 4.62. The lowest BCUT2D eigenvalue weighted by Crippen LogP contribution is -2.34. The summed E-state index contributed by atoms with van der Waals surface area (Å²) >= 11 is 12.6. The van der Waals surface area contributed by atoms with E-state index in [1.54, 1.807) is 27.7 Å². The van der Waals surface area contributed by atoms with Crippen LogP contribution < -0.4 is 0 Å². The van der Waals surface area contributed by atoms with Crippen LogP contribution >= 0.6 is 63.2 Å². The summed E-state index contributed by atoms with van der Waals surface area (Å²) in [4.78, 5) is 40.9. The molecule has 24 heteroatoms. The molecule has 0 spiro atoms. The van der Waals surface area contributed by atoms with Crippen molar-refractivity contribution in [3.05, 3.63) is 0 Å². The Labute approximate surface area is 365 Å². The highest BCUT2D eigenvalue weighted by atomic mass is 32.2. The van der Waals surface area contributed by atoms with Gasteiger partial charge in [0.1, 0.15) is 23.7 Å². The normalized spacial score (nSPS) is 14.8. The molecule has 0 bridgehead atoms. The third-order valence-electron chi connectivity index (χ3n) is 6.07. The second-order valence-electron chi connectivity index (χ2n) is 17.6. The summed E-state index contributed by atoms with van der Waals surface area (Å²) in [5.41, 5.74) is 0. The molecule has 0 heterocycles. The molecule has 0 saturated carbocycles. The topological polar surface area (TPSA) is 168 Å². The lowest BCUT2D eigenvalue weighted by molar-refractivity contribution is -0.148. The van der Waals surface area contributed by atoms with Crippen molar-refractivity contribution in [3.63, 3.8) is 0 Å². The predicted molar refractivity (Wildman–Crippen MR) is 250 cm³/mol. The fourth-order valence-corrected chi connectivity index (χ4v) is 24.1. The molecule has 0 aliphatic rings. The van der Waals surface area contributed by atoms with Crippen LogP contribution in [-0.4, -0.2) is 115 Å². The molecule has 0 aliphatic heterocycles. The van der Waals surface area contributed by atoms with Gasteiger partial charge in [0, 0.05) is 0 Å². The van der Waals surface area contributed by atoms with Gasteiger partial charge in [0.25, 0.3) is 0 Å². The zero-order valence-corrected chi connectivity index (χ0v) is 45.9. The molecule has 57 heavy (non-hydrogen) atoms. The van der Waals surface area contributed by atoms with Gasteiger partial charge in [-0.15, -0.1) is 0 Å². The number of thioether (sulfide) groups is 2. The lowest BCUT2D eigenvalue weighted by Gasteiger charge is -2.31. The first-order valence-electron chi connectivity index (χ1n) is 18.7. The van der Waals surface area contributed by atoms with E-state index < -0.39 is 82.8 Å². The van der Waals surface area contributed by atoms with E-state index in [0.717, 1.165) is 23.5 Å². The molecule has 0 aromatic rings. The van der Waals surface area contributed by atoms with E-state index in [0.29, 0.717) is 0 Å². The van der Waals surface area contributed by atoms with Crippen molar-refractivity contribution in [1.29, 1.82) is 0 Å². The molecule has 0 amide bonds. The third kappa shape index (κ3) is 28.3. The summed E-state index contributed by atoms with van der Waals surface area (Å²) in [7, 11) is -15.4. The summed E-state index contributed by atoms with van der Waals surface area (Å²) in [6.45, 7) is 29.2. The van der Waals surface area contributed by atoms with Crippen molar-refractivity contribution in [2.45, 2.75) is 142 Å². The predicted octanol–water partition coefficient (Wildman–Crippen LogP) is 10.1. The van der Waals surface area contributed by atoms with Gasteiger partial charge in [0.05, 0.1) is 37.6 Å². The molecule has 2 atom stereocenters. The van der Waals surface area contributed by atoms with Crippen LogP contribution in [0.15, 0.2) is 0 Å². The van der Waals surface area contributed by atoms with Crippen LogP contribution in [0.2, 0.25) is 78.6 Å². The number of esters is 3. The van der Waals surface area contributed by atoms with E-state index in [2.05, 4.69) is 0 Å². The molecule has 14 nitrogen and oxygen atoms in total. The summed E-state index contributed by atoms with van der Waals surface area (Å²) in [5.74, 6) is -3.32. The molecular formula is C33H68O14P2S4Si4. The van der Waals surface area contributed by atoms with Gasteiger partial charge in [0.15, 0.2) is 33.3 Å². The van der Waals surface area contributed by atoms with Crippen molar-refractivity contribution in [1.82, 2.24) is 0 Å². The first kappa shape index (κ1) is 57.1. The Kier molecular flexibility index (Phi) is 24.7. The van der Waals surface area contributed by atoms with Gasteiger partial charge in [-0.1, -0.05) is 23.5 Å². The first-order valence-corrected chi connectivity index (χ1v) is 38.4. The second-order valence-corrected chi connectivity index (χ2v) is 44.3. The van der Waals surface area contributed by atoms with Crippen LogP contribution in [0.4, 0.5) is 0 Å². The minimum absolute atomic E-state index is 0.0349. The highest BCUT2D eigenvalue weighted by Gasteiger charge is 2.40. The Morgan fingerprint density at radius 2 is 0.825 bits per heavy atom. The minimum Gasteiger partial charge on any atom is -0.476 e. The molecule has 0 N–H and O–H groups in total. The summed E-state index contributed by atoms with van der Waals surface area (Å²) in [6, 6.07) is 0. The number of carbonyl (C=O) groups is 3. The number of carbonyl (C=O) groups excluding carboxylic acids is 3. The summed E-state index contributed by atoms with van der Waals surface area (Å²) < 4.78 is 79.4. The zero-order valence-electron chi connectivity index (χ0n) is 36.9. The molecule has 0 rings (SSSR count). The van der Waals surface area contributed by atoms with E-state index in [9.17, 15) is 23.5 Å². The van der Waals surface area contributed by atoms with E-state index in [1.807, 2.05) is 78.6 Å². The van der Waals surface area contributed by atoms with Gasteiger partial charge in [-0.3, -0.25) is 23.5 Å². The smallest absolute Gasteiger partial charge is 0.319 e. The Balaban J connectivity index is 6.55. The Morgan fingerprint density at radius 3 is 1.05 bits per heavy atom. The van der Waals surface area contributed by atoms with Gasteiger partial charge in [-0.2, -0.15) is 0 Å². The van der Waals surface area contributed by atoms with E-state index in [4.69, 9.17) is 65.0 Å². The summed E-state index contributed by atoms with van der Waals surface area (Å²) in [6.07, 6.45) is -1.35. The Bertz CT molecular complexity index is 1310. The standard InChI is InChI=1S/C33H68O14P2S4Si4/c1-24(2)42-32(50)52-27(30(35)40-18-20-48(37,44-54(6,7)8)45-55(9,10)11)22-26(29(34)39-5)23-28(53-33(51)43-25(3)4)31(36)41-19-21-49(38,46-56(12,13)14)47-57(15,16)17/h24-28H,18-23H2,1-17H3. The monoisotopic (exact) mass is 990 g/mol. The number of hydrogen-bond acceptors (Lipinski definition) is 18. The SMILES string of the molecule is COC(=O)C(CC(SC(=S)OC(C)C)C(=O)OCCP(=O)(O[Si](C)(C)C)O[Si](C)(C)C)CC(SC(=S)OC(C)C)C(=O)OCCP(=O)(O[Si](C)(C)C)O[Si](C)(C)C. The van der Waals surface area contributed by atoms with Crippen molar-refractivity contribution < 1.29 is 64.0 Å². The maximum absolute atomic E-state index is 13.8. The number of ether oxygens (including phenoxy) is 5. The Hall–Kier alpha value is 0.0575. The first-order chi connectivity index (χ1) is 25.6.